The topological polar surface area (TPSA) is 67.0 Å². The van der Waals surface area contributed by atoms with E-state index in [4.69, 9.17) is 4.74 Å². The van der Waals surface area contributed by atoms with Gasteiger partial charge in [-0.1, -0.05) is 6.92 Å². The molecule has 1 aliphatic carbocycles. The van der Waals surface area contributed by atoms with Gasteiger partial charge in [0, 0.05) is 11.6 Å². The lowest BCUT2D eigenvalue weighted by molar-refractivity contribution is 0.0522. The van der Waals surface area contributed by atoms with Gasteiger partial charge in [-0.3, -0.25) is 0 Å². The number of nitrogens with one attached hydrogen (secondary N) is 2. The highest BCUT2D eigenvalue weighted by Gasteiger charge is 2.23. The van der Waals surface area contributed by atoms with Crippen molar-refractivity contribution >= 4 is 6.09 Å². The minimum Gasteiger partial charge on any atom is -0.444 e. The molecule has 1 aliphatic rings. The minimum absolute atomic E-state index is 0.384. The van der Waals surface area contributed by atoms with Gasteiger partial charge in [-0.05, 0) is 33.6 Å². The molecule has 0 fully saturated rings. The molecule has 5 nitrogen and oxygen atoms in total. The van der Waals surface area contributed by atoms with E-state index >= 15 is 0 Å². The molecule has 1 atom stereocenters. The Balaban J connectivity index is 1.88. The molecule has 0 aliphatic heterocycles. The quantitative estimate of drug-likeness (QED) is 0.848. The van der Waals surface area contributed by atoms with E-state index in [1.54, 1.807) is 0 Å². The van der Waals surface area contributed by atoms with Crippen LogP contribution in [0, 0.1) is 0 Å². The van der Waals surface area contributed by atoms with Gasteiger partial charge >= 0.3 is 6.09 Å². The number of hydrogen-bond acceptors (Lipinski definition) is 3. The minimum atomic E-state index is -0.469. The number of carbonyl (C=O) groups is 1. The van der Waals surface area contributed by atoms with Crippen LogP contribution in [0.15, 0.2) is 0 Å². The van der Waals surface area contributed by atoms with Gasteiger partial charge in [0.05, 0.1) is 12.2 Å². The highest BCUT2D eigenvalue weighted by Crippen LogP contribution is 2.30. The number of H-pyrrole nitrogens is 1. The Bertz CT molecular complexity index is 446. The Labute approximate surface area is 107 Å². The number of nitrogens with zero attached hydrogens (tertiary/aromatic N) is 1. The van der Waals surface area contributed by atoms with Crippen LogP contribution in [0.2, 0.25) is 0 Å². The number of fused-ring (bicyclic) bond motifs is 1. The van der Waals surface area contributed by atoms with Gasteiger partial charge in [-0.15, -0.1) is 0 Å². The number of hydrogen-bond donors (Lipinski definition) is 2. The number of imidazole rings is 1. The first-order valence-electron chi connectivity index (χ1n) is 6.39. The molecule has 1 amide bonds. The number of ether oxygens (including phenoxy) is 1. The summed E-state index contributed by atoms with van der Waals surface area (Å²) in [4.78, 5) is 19.3. The average molecular weight is 251 g/mol. The first kappa shape index (κ1) is 12.9. The SMILES string of the molecule is CC1CCc2[nH]c(CNC(=O)OC(C)(C)C)nc21. The van der Waals surface area contributed by atoms with Crippen LogP contribution in [-0.2, 0) is 17.7 Å². The molecule has 100 valence electrons. The summed E-state index contributed by atoms with van der Waals surface area (Å²) >= 11 is 0. The predicted molar refractivity (Wildman–Crippen MR) is 68.4 cm³/mol. The first-order valence-corrected chi connectivity index (χ1v) is 6.39. The molecule has 1 heterocycles. The van der Waals surface area contributed by atoms with Crippen molar-refractivity contribution in [2.75, 3.05) is 0 Å². The molecule has 1 unspecified atom stereocenters. The van der Waals surface area contributed by atoms with E-state index in [2.05, 4.69) is 22.2 Å². The summed E-state index contributed by atoms with van der Waals surface area (Å²) in [6, 6.07) is 0. The van der Waals surface area contributed by atoms with E-state index < -0.39 is 11.7 Å². The van der Waals surface area contributed by atoms with Gasteiger partial charge in [0.15, 0.2) is 0 Å². The Kier molecular flexibility index (Phi) is 3.32. The molecule has 2 N–H and O–H groups in total. The maximum Gasteiger partial charge on any atom is 0.408 e. The summed E-state index contributed by atoms with van der Waals surface area (Å²) in [5, 5.41) is 2.70. The maximum atomic E-state index is 11.5. The van der Waals surface area contributed by atoms with Crippen LogP contribution in [0.3, 0.4) is 0 Å². The van der Waals surface area contributed by atoms with Gasteiger partial charge < -0.3 is 15.0 Å². The van der Waals surface area contributed by atoms with E-state index in [1.165, 1.54) is 5.69 Å². The molecule has 0 bridgehead atoms. The van der Waals surface area contributed by atoms with E-state index in [1.807, 2.05) is 20.8 Å². The second-order valence-corrected chi connectivity index (χ2v) is 5.84. The smallest absolute Gasteiger partial charge is 0.408 e. The van der Waals surface area contributed by atoms with Crippen molar-refractivity contribution in [2.24, 2.45) is 0 Å². The molecule has 18 heavy (non-hydrogen) atoms. The number of alkyl carbamates (subject to hydrolysis) is 1. The third-order valence-corrected chi connectivity index (χ3v) is 2.95. The third-order valence-electron chi connectivity index (χ3n) is 2.95. The van der Waals surface area contributed by atoms with Crippen molar-refractivity contribution in [2.45, 2.75) is 58.6 Å². The molecule has 0 saturated heterocycles. The first-order chi connectivity index (χ1) is 8.35. The number of aromatic nitrogens is 2. The van der Waals surface area contributed by atoms with E-state index in [9.17, 15) is 4.79 Å². The molecule has 0 spiro atoms. The molecular formula is C13H21N3O2. The van der Waals surface area contributed by atoms with E-state index in [-0.39, 0.29) is 0 Å². The Morgan fingerprint density at radius 1 is 1.56 bits per heavy atom. The lowest BCUT2D eigenvalue weighted by Gasteiger charge is -2.19. The van der Waals surface area contributed by atoms with Crippen molar-refractivity contribution in [1.29, 1.82) is 0 Å². The zero-order valence-corrected chi connectivity index (χ0v) is 11.5. The molecule has 2 rings (SSSR count). The summed E-state index contributed by atoms with van der Waals surface area (Å²) in [5.41, 5.74) is 1.89. The fourth-order valence-electron chi connectivity index (χ4n) is 2.13. The summed E-state index contributed by atoms with van der Waals surface area (Å²) in [6.45, 7) is 8.09. The van der Waals surface area contributed by atoms with Crippen LogP contribution < -0.4 is 5.32 Å². The second kappa shape index (κ2) is 4.63. The summed E-state index contributed by atoms with van der Waals surface area (Å²) in [7, 11) is 0. The fraction of sp³-hybridized carbons (Fsp3) is 0.692. The van der Waals surface area contributed by atoms with E-state index in [0.717, 1.165) is 24.4 Å². The lowest BCUT2D eigenvalue weighted by atomic mass is 10.1. The van der Waals surface area contributed by atoms with E-state index in [0.29, 0.717) is 12.5 Å². The van der Waals surface area contributed by atoms with Crippen LogP contribution in [0.5, 0.6) is 0 Å². The second-order valence-electron chi connectivity index (χ2n) is 5.84. The van der Waals surface area contributed by atoms with Crippen LogP contribution in [0.4, 0.5) is 4.79 Å². The predicted octanol–water partition coefficient (Wildman–Crippen LogP) is 2.48. The van der Waals surface area contributed by atoms with Crippen LogP contribution in [0.25, 0.3) is 0 Å². The number of amides is 1. The van der Waals surface area contributed by atoms with Crippen molar-refractivity contribution in [3.63, 3.8) is 0 Å². The highest BCUT2D eigenvalue weighted by molar-refractivity contribution is 5.67. The summed E-state index contributed by atoms with van der Waals surface area (Å²) in [5.74, 6) is 1.32. The average Bonchev–Trinajstić information content (AvgIpc) is 2.76. The molecule has 1 aromatic heterocycles. The summed E-state index contributed by atoms with van der Waals surface area (Å²) in [6.07, 6.45) is 1.80. The lowest BCUT2D eigenvalue weighted by Crippen LogP contribution is -2.32. The number of carbonyl (C=O) groups excluding carboxylic acids is 1. The van der Waals surface area contributed by atoms with Crippen LogP contribution in [-0.4, -0.2) is 21.7 Å². The number of aryl methyl sites for hydroxylation is 1. The van der Waals surface area contributed by atoms with Crippen molar-refractivity contribution in [1.82, 2.24) is 15.3 Å². The monoisotopic (exact) mass is 251 g/mol. The number of aromatic amines is 1. The normalized spacial score (nSPS) is 18.6. The zero-order chi connectivity index (χ0) is 13.3. The zero-order valence-electron chi connectivity index (χ0n) is 11.5. The molecular weight excluding hydrogens is 230 g/mol. The molecule has 5 heteroatoms. The van der Waals surface area contributed by atoms with Crippen molar-refractivity contribution in [3.05, 3.63) is 17.2 Å². The van der Waals surface area contributed by atoms with Crippen LogP contribution >= 0.6 is 0 Å². The van der Waals surface area contributed by atoms with Crippen LogP contribution in [0.1, 0.15) is 57.2 Å². The molecule has 0 aromatic carbocycles. The van der Waals surface area contributed by atoms with Crippen molar-refractivity contribution < 1.29 is 9.53 Å². The maximum absolute atomic E-state index is 11.5. The largest absolute Gasteiger partial charge is 0.444 e. The van der Waals surface area contributed by atoms with Gasteiger partial charge in [0.25, 0.3) is 0 Å². The summed E-state index contributed by atoms with van der Waals surface area (Å²) < 4.78 is 5.17. The standard InChI is InChI=1S/C13H21N3O2/c1-8-5-6-9-11(8)16-10(15-9)7-14-12(17)18-13(2,3)4/h8H,5-7H2,1-4H3,(H,14,17)(H,15,16). The van der Waals surface area contributed by atoms with Crippen molar-refractivity contribution in [3.8, 4) is 0 Å². The Hall–Kier alpha value is -1.52. The Morgan fingerprint density at radius 2 is 2.28 bits per heavy atom. The third kappa shape index (κ3) is 3.03. The van der Waals surface area contributed by atoms with Gasteiger partial charge in [0.2, 0.25) is 0 Å². The van der Waals surface area contributed by atoms with Gasteiger partial charge in [0.1, 0.15) is 11.4 Å². The number of rotatable bonds is 2. The fourth-order valence-corrected chi connectivity index (χ4v) is 2.13. The highest BCUT2D eigenvalue weighted by atomic mass is 16.6. The molecule has 0 radical (unpaired) electrons. The molecule has 0 saturated carbocycles. The van der Waals surface area contributed by atoms with Gasteiger partial charge in [-0.2, -0.15) is 0 Å². The molecule has 1 aromatic rings. The van der Waals surface area contributed by atoms with Gasteiger partial charge in [-0.25, -0.2) is 9.78 Å². The Morgan fingerprint density at radius 3 is 2.89 bits per heavy atom.